The second-order valence-corrected chi connectivity index (χ2v) is 15.1. The highest BCUT2D eigenvalue weighted by Crippen LogP contribution is 2.39. The predicted octanol–water partition coefficient (Wildman–Crippen LogP) is 13.7. The molecule has 8 aromatic carbocycles. The average Bonchev–Trinajstić information content (AvgIpc) is 3.82. The first-order chi connectivity index (χ1) is 27.7. The highest BCUT2D eigenvalue weighted by atomic mass is 32.1. The second kappa shape index (κ2) is 13.3. The molecular weight excluding hydrogens is 701 g/mol. The molecule has 0 saturated heterocycles. The fourth-order valence-electron chi connectivity index (χ4n) is 7.89. The Morgan fingerprint density at radius 1 is 0.304 bits per heavy atom. The van der Waals surface area contributed by atoms with Crippen LogP contribution in [0.25, 0.3) is 104 Å². The van der Waals surface area contributed by atoms with E-state index >= 15 is 0 Å². The lowest BCUT2D eigenvalue weighted by Crippen LogP contribution is -2.00. The summed E-state index contributed by atoms with van der Waals surface area (Å²) in [7, 11) is 0. The van der Waals surface area contributed by atoms with Gasteiger partial charge in [-0.2, -0.15) is 0 Å². The van der Waals surface area contributed by atoms with Gasteiger partial charge in [0.2, 0.25) is 0 Å². The van der Waals surface area contributed by atoms with Crippen molar-refractivity contribution >= 4 is 53.3 Å². The normalized spacial score (nSPS) is 11.6. The van der Waals surface area contributed by atoms with Crippen molar-refractivity contribution in [1.82, 2.24) is 19.5 Å². The van der Waals surface area contributed by atoms with Gasteiger partial charge in [-0.05, 0) is 58.7 Å². The van der Waals surface area contributed by atoms with Crippen molar-refractivity contribution < 1.29 is 0 Å². The van der Waals surface area contributed by atoms with E-state index in [0.717, 1.165) is 44.5 Å². The van der Waals surface area contributed by atoms with Gasteiger partial charge in [-0.15, -0.1) is 11.3 Å². The molecule has 0 aliphatic rings. The maximum Gasteiger partial charge on any atom is 0.164 e. The smallest absolute Gasteiger partial charge is 0.164 e. The van der Waals surface area contributed by atoms with Crippen LogP contribution in [0, 0.1) is 0 Å². The summed E-state index contributed by atoms with van der Waals surface area (Å²) in [5.41, 5.74) is 10.8. The van der Waals surface area contributed by atoms with Crippen molar-refractivity contribution in [2.75, 3.05) is 0 Å². The summed E-state index contributed by atoms with van der Waals surface area (Å²) < 4.78 is 4.97. The first kappa shape index (κ1) is 32.2. The summed E-state index contributed by atoms with van der Waals surface area (Å²) in [5, 5.41) is 4.95. The molecule has 0 spiro atoms. The predicted molar refractivity (Wildman–Crippen MR) is 234 cm³/mol. The van der Waals surface area contributed by atoms with E-state index in [4.69, 9.17) is 15.0 Å². The largest absolute Gasteiger partial charge is 0.309 e. The summed E-state index contributed by atoms with van der Waals surface area (Å²) in [6.07, 6.45) is 0. The van der Waals surface area contributed by atoms with Gasteiger partial charge >= 0.3 is 0 Å². The second-order valence-electron chi connectivity index (χ2n) is 14.1. The van der Waals surface area contributed by atoms with Crippen LogP contribution in [0.15, 0.2) is 194 Å². The Hall–Kier alpha value is -7.21. The molecule has 5 heteroatoms. The van der Waals surface area contributed by atoms with Crippen LogP contribution in [0.4, 0.5) is 0 Å². The molecule has 11 aromatic rings. The molecule has 4 nitrogen and oxygen atoms in total. The van der Waals surface area contributed by atoms with Crippen LogP contribution in [0.2, 0.25) is 0 Å². The molecule has 0 bridgehead atoms. The van der Waals surface area contributed by atoms with Gasteiger partial charge in [-0.1, -0.05) is 158 Å². The van der Waals surface area contributed by atoms with Crippen LogP contribution in [-0.4, -0.2) is 19.5 Å². The molecule has 3 heterocycles. The topological polar surface area (TPSA) is 43.6 Å². The molecule has 0 aliphatic heterocycles. The maximum absolute atomic E-state index is 5.17. The number of rotatable bonds is 6. The fraction of sp³-hybridized carbons (Fsp3) is 0. The number of benzene rings is 8. The van der Waals surface area contributed by atoms with Crippen LogP contribution in [-0.2, 0) is 0 Å². The number of hydrogen-bond donors (Lipinski definition) is 0. The Morgan fingerprint density at radius 2 is 0.768 bits per heavy atom. The van der Waals surface area contributed by atoms with Crippen molar-refractivity contribution in [3.05, 3.63) is 194 Å². The van der Waals surface area contributed by atoms with Gasteiger partial charge in [0.05, 0.1) is 11.0 Å². The molecule has 0 saturated carbocycles. The Kier molecular flexibility index (Phi) is 7.64. The Balaban J connectivity index is 1.08. The molecule has 0 N–H and O–H groups in total. The first-order valence-corrected chi connectivity index (χ1v) is 19.6. The highest BCUT2D eigenvalue weighted by molar-refractivity contribution is 7.25. The first-order valence-electron chi connectivity index (χ1n) is 18.8. The zero-order chi connectivity index (χ0) is 37.0. The minimum Gasteiger partial charge on any atom is -0.309 e. The molecule has 0 aliphatic carbocycles. The van der Waals surface area contributed by atoms with Gasteiger partial charge in [0.1, 0.15) is 0 Å². The molecule has 0 fully saturated rings. The number of hydrogen-bond acceptors (Lipinski definition) is 4. The van der Waals surface area contributed by atoms with Gasteiger partial charge in [0.15, 0.2) is 17.5 Å². The quantitative estimate of drug-likeness (QED) is 0.171. The lowest BCUT2D eigenvalue weighted by atomic mass is 10.0. The third kappa shape index (κ3) is 5.56. The van der Waals surface area contributed by atoms with Crippen molar-refractivity contribution in [3.63, 3.8) is 0 Å². The number of aromatic nitrogens is 4. The van der Waals surface area contributed by atoms with Crippen molar-refractivity contribution in [2.24, 2.45) is 0 Å². The summed E-state index contributed by atoms with van der Waals surface area (Å²) in [6, 6.07) is 68.6. The minimum absolute atomic E-state index is 0.627. The average molecular weight is 733 g/mol. The van der Waals surface area contributed by atoms with E-state index in [1.54, 1.807) is 0 Å². The third-order valence-electron chi connectivity index (χ3n) is 10.7. The van der Waals surface area contributed by atoms with Crippen LogP contribution in [0.3, 0.4) is 0 Å². The summed E-state index contributed by atoms with van der Waals surface area (Å²) in [6.45, 7) is 0. The standard InChI is InChI=1S/C51H32N4S/c1-3-11-33(12-4-1)35-19-23-37(24-20-35)49-52-50(38-25-21-36(22-26-38)34-13-5-2-6-14-34)54-51(53-49)39-27-29-42-41-15-7-9-17-45(41)55(46(42)31-39)40-28-30-48-44(32-40)43-16-8-10-18-47(43)56-48/h1-32H. The van der Waals surface area contributed by atoms with Gasteiger partial charge in [0, 0.05) is 53.3 Å². The zero-order valence-electron chi connectivity index (χ0n) is 30.2. The monoisotopic (exact) mass is 732 g/mol. The highest BCUT2D eigenvalue weighted by Gasteiger charge is 2.18. The van der Waals surface area contributed by atoms with Crippen LogP contribution >= 0.6 is 11.3 Å². The van der Waals surface area contributed by atoms with Gasteiger partial charge in [-0.25, -0.2) is 15.0 Å². The Morgan fingerprint density at radius 3 is 1.41 bits per heavy atom. The zero-order valence-corrected chi connectivity index (χ0v) is 31.0. The van der Waals surface area contributed by atoms with Crippen molar-refractivity contribution in [2.45, 2.75) is 0 Å². The molecule has 56 heavy (non-hydrogen) atoms. The van der Waals surface area contributed by atoms with E-state index in [-0.39, 0.29) is 0 Å². The summed E-state index contributed by atoms with van der Waals surface area (Å²) in [4.78, 5) is 15.4. The molecule has 0 radical (unpaired) electrons. The number of thiophene rings is 1. The molecular formula is C51H32N4S. The van der Waals surface area contributed by atoms with E-state index in [1.165, 1.54) is 42.1 Å². The van der Waals surface area contributed by atoms with E-state index in [0.29, 0.717) is 17.5 Å². The number of nitrogens with zero attached hydrogens (tertiary/aromatic N) is 4. The molecule has 11 rings (SSSR count). The molecule has 3 aromatic heterocycles. The van der Waals surface area contributed by atoms with E-state index in [2.05, 4.69) is 187 Å². The number of fused-ring (bicyclic) bond motifs is 6. The summed E-state index contributed by atoms with van der Waals surface area (Å²) in [5.74, 6) is 1.89. The minimum atomic E-state index is 0.627. The van der Waals surface area contributed by atoms with Crippen LogP contribution < -0.4 is 0 Å². The van der Waals surface area contributed by atoms with Crippen molar-refractivity contribution in [3.8, 4) is 62.1 Å². The van der Waals surface area contributed by atoms with Crippen molar-refractivity contribution in [1.29, 1.82) is 0 Å². The van der Waals surface area contributed by atoms with E-state index < -0.39 is 0 Å². The van der Waals surface area contributed by atoms with Crippen LogP contribution in [0.1, 0.15) is 0 Å². The fourth-order valence-corrected chi connectivity index (χ4v) is 8.98. The van der Waals surface area contributed by atoms with E-state index in [9.17, 15) is 0 Å². The lowest BCUT2D eigenvalue weighted by molar-refractivity contribution is 1.07. The van der Waals surface area contributed by atoms with Crippen LogP contribution in [0.5, 0.6) is 0 Å². The van der Waals surface area contributed by atoms with Gasteiger partial charge in [0.25, 0.3) is 0 Å². The molecule has 0 unspecified atom stereocenters. The SMILES string of the molecule is c1ccc(-c2ccc(-c3nc(-c4ccc(-c5ccccc5)cc4)nc(-c4ccc5c6ccccc6n(-c6ccc7sc8ccccc8c7c6)c5c4)n3)cc2)cc1. The summed E-state index contributed by atoms with van der Waals surface area (Å²) >= 11 is 1.84. The molecule has 0 amide bonds. The Labute approximate surface area is 327 Å². The lowest BCUT2D eigenvalue weighted by Gasteiger charge is -2.11. The van der Waals surface area contributed by atoms with Gasteiger partial charge < -0.3 is 4.57 Å². The van der Waals surface area contributed by atoms with Gasteiger partial charge in [-0.3, -0.25) is 0 Å². The Bertz CT molecular complexity index is 3120. The third-order valence-corrected chi connectivity index (χ3v) is 11.8. The van der Waals surface area contributed by atoms with E-state index in [1.807, 2.05) is 23.5 Å². The molecule has 262 valence electrons. The number of para-hydroxylation sites is 1. The molecule has 0 atom stereocenters. The maximum atomic E-state index is 5.17.